The summed E-state index contributed by atoms with van der Waals surface area (Å²) in [6.07, 6.45) is 0. The van der Waals surface area contributed by atoms with Gasteiger partial charge in [-0.3, -0.25) is 0 Å². The summed E-state index contributed by atoms with van der Waals surface area (Å²) in [7, 11) is -0.494. The lowest BCUT2D eigenvalue weighted by atomic mass is 9.72. The molecule has 0 spiro atoms. The first-order valence-corrected chi connectivity index (χ1v) is 14.7. The van der Waals surface area contributed by atoms with Gasteiger partial charge in [0.15, 0.2) is 0 Å². The molecule has 0 saturated carbocycles. The fraction of sp³-hybridized carbons (Fsp3) is 0.389. The van der Waals surface area contributed by atoms with Crippen molar-refractivity contribution >= 4 is 45.2 Å². The second-order valence-electron chi connectivity index (χ2n) is 14.7. The number of hydrogen-bond donors (Lipinski definition) is 0. The van der Waals surface area contributed by atoms with Gasteiger partial charge in [0, 0.05) is 33.0 Å². The molecule has 4 nitrogen and oxygen atoms in total. The minimum absolute atomic E-state index is 0.0664. The minimum atomic E-state index is -0.494. The molecular formula is C36H41BN2O2. The maximum Gasteiger partial charge on any atom is 0.495 e. The number of nitrogens with zero attached hydrogens (tertiary/aromatic N) is 2. The van der Waals surface area contributed by atoms with Crippen LogP contribution in [0.25, 0.3) is 43.7 Å². The summed E-state index contributed by atoms with van der Waals surface area (Å²) in [5.74, 6) is 0. The van der Waals surface area contributed by atoms with Crippen LogP contribution in [0, 0.1) is 0 Å². The summed E-state index contributed by atoms with van der Waals surface area (Å²) in [4.78, 5) is 10.5. The van der Waals surface area contributed by atoms with Crippen molar-refractivity contribution in [2.24, 2.45) is 0 Å². The standard InChI is InChI=1S/C36H41BN2O2/c1-33(2,3)29-18-16-22-15-17-25-26(21-30(34(4,5)6)39-32(25)31(22)38-29)27-19-23-13-11-12-14-24(23)20-28(27)37-40-35(7,8)36(9,10)41-37/h11-21H,1-10H3. The molecule has 0 radical (unpaired) electrons. The smallest absolute Gasteiger partial charge is 0.399 e. The van der Waals surface area contributed by atoms with Crippen molar-refractivity contribution in [1.82, 2.24) is 9.97 Å². The van der Waals surface area contributed by atoms with Crippen molar-refractivity contribution in [2.75, 3.05) is 0 Å². The minimum Gasteiger partial charge on any atom is -0.399 e. The van der Waals surface area contributed by atoms with Crippen molar-refractivity contribution in [3.05, 3.63) is 78.1 Å². The van der Waals surface area contributed by atoms with Crippen LogP contribution in [-0.4, -0.2) is 28.3 Å². The molecule has 3 aromatic carbocycles. The van der Waals surface area contributed by atoms with E-state index in [0.29, 0.717) is 0 Å². The van der Waals surface area contributed by atoms with E-state index in [1.807, 2.05) is 0 Å². The highest BCUT2D eigenvalue weighted by molar-refractivity contribution is 6.64. The largest absolute Gasteiger partial charge is 0.495 e. The molecular weight excluding hydrogens is 503 g/mol. The maximum atomic E-state index is 6.64. The molecule has 210 valence electrons. The second-order valence-corrected chi connectivity index (χ2v) is 14.7. The molecule has 5 aromatic rings. The van der Waals surface area contributed by atoms with E-state index in [2.05, 4.69) is 136 Å². The van der Waals surface area contributed by atoms with Gasteiger partial charge in [-0.25, -0.2) is 9.97 Å². The van der Waals surface area contributed by atoms with Crippen molar-refractivity contribution in [3.8, 4) is 11.1 Å². The highest BCUT2D eigenvalue weighted by Gasteiger charge is 2.52. The lowest BCUT2D eigenvalue weighted by Gasteiger charge is -2.32. The predicted octanol–water partition coefficient (Wildman–Crippen LogP) is 8.50. The highest BCUT2D eigenvalue weighted by atomic mass is 16.7. The van der Waals surface area contributed by atoms with Crippen LogP contribution in [0.4, 0.5) is 0 Å². The van der Waals surface area contributed by atoms with Gasteiger partial charge in [0.2, 0.25) is 0 Å². The van der Waals surface area contributed by atoms with Gasteiger partial charge in [-0.15, -0.1) is 0 Å². The van der Waals surface area contributed by atoms with E-state index in [-0.39, 0.29) is 10.8 Å². The molecule has 0 N–H and O–H groups in total. The van der Waals surface area contributed by atoms with Crippen LogP contribution in [-0.2, 0) is 20.1 Å². The third-order valence-electron chi connectivity index (χ3n) is 8.89. The monoisotopic (exact) mass is 544 g/mol. The Morgan fingerprint density at radius 3 is 1.76 bits per heavy atom. The molecule has 1 aliphatic rings. The second kappa shape index (κ2) is 9.11. The normalized spacial score (nSPS) is 17.2. The first-order valence-electron chi connectivity index (χ1n) is 14.7. The third-order valence-corrected chi connectivity index (χ3v) is 8.89. The Bertz CT molecular complexity index is 1810. The number of benzene rings is 3. The molecule has 1 fully saturated rings. The number of pyridine rings is 2. The number of rotatable bonds is 2. The quantitative estimate of drug-likeness (QED) is 0.165. The van der Waals surface area contributed by atoms with Gasteiger partial charge >= 0.3 is 7.12 Å². The Morgan fingerprint density at radius 1 is 0.585 bits per heavy atom. The van der Waals surface area contributed by atoms with Crippen LogP contribution in [0.2, 0.25) is 0 Å². The van der Waals surface area contributed by atoms with Gasteiger partial charge in [-0.1, -0.05) is 90.1 Å². The first kappa shape index (κ1) is 27.9. The van der Waals surface area contributed by atoms with E-state index in [1.165, 1.54) is 5.39 Å². The zero-order valence-electron chi connectivity index (χ0n) is 26.1. The van der Waals surface area contributed by atoms with Crippen LogP contribution >= 0.6 is 0 Å². The summed E-state index contributed by atoms with van der Waals surface area (Å²) in [6, 6.07) is 24.0. The fourth-order valence-electron chi connectivity index (χ4n) is 5.55. The lowest BCUT2D eigenvalue weighted by molar-refractivity contribution is 0.00578. The van der Waals surface area contributed by atoms with E-state index in [1.54, 1.807) is 0 Å². The molecule has 41 heavy (non-hydrogen) atoms. The molecule has 0 bridgehead atoms. The Morgan fingerprint density at radius 2 is 1.15 bits per heavy atom. The molecule has 0 unspecified atom stereocenters. The molecule has 6 rings (SSSR count). The van der Waals surface area contributed by atoms with E-state index >= 15 is 0 Å². The molecule has 3 heterocycles. The molecule has 1 aliphatic heterocycles. The Labute approximate surface area is 244 Å². The first-order chi connectivity index (χ1) is 19.0. The zero-order chi connectivity index (χ0) is 29.5. The SMILES string of the molecule is CC(C)(C)c1ccc2ccc3c(-c4cc5ccccc5cc4B4OC(C)(C)C(C)(C)O4)cc(C(C)(C)C)nc3c2n1. The Kier molecular flexibility index (Phi) is 6.19. The highest BCUT2D eigenvalue weighted by Crippen LogP contribution is 2.40. The zero-order valence-corrected chi connectivity index (χ0v) is 26.1. The van der Waals surface area contributed by atoms with E-state index < -0.39 is 18.3 Å². The number of hydrogen-bond acceptors (Lipinski definition) is 4. The van der Waals surface area contributed by atoms with Gasteiger partial charge < -0.3 is 9.31 Å². The van der Waals surface area contributed by atoms with Crippen molar-refractivity contribution in [3.63, 3.8) is 0 Å². The molecule has 2 aromatic heterocycles. The van der Waals surface area contributed by atoms with Gasteiger partial charge in [0.05, 0.1) is 22.2 Å². The van der Waals surface area contributed by atoms with Gasteiger partial charge in [-0.2, -0.15) is 0 Å². The summed E-state index contributed by atoms with van der Waals surface area (Å²) < 4.78 is 13.3. The lowest BCUT2D eigenvalue weighted by Crippen LogP contribution is -2.41. The Balaban J connectivity index is 1.71. The average Bonchev–Trinajstić information content (AvgIpc) is 3.12. The van der Waals surface area contributed by atoms with E-state index in [9.17, 15) is 0 Å². The van der Waals surface area contributed by atoms with Crippen molar-refractivity contribution in [1.29, 1.82) is 0 Å². The van der Waals surface area contributed by atoms with Crippen LogP contribution in [0.3, 0.4) is 0 Å². The number of fused-ring (bicyclic) bond motifs is 4. The van der Waals surface area contributed by atoms with Gasteiger partial charge in [0.25, 0.3) is 0 Å². The van der Waals surface area contributed by atoms with Crippen molar-refractivity contribution in [2.45, 2.75) is 91.3 Å². The molecule has 0 aliphatic carbocycles. The Hall–Kier alpha value is -3.28. The topological polar surface area (TPSA) is 44.2 Å². The maximum absolute atomic E-state index is 6.64. The summed E-state index contributed by atoms with van der Waals surface area (Å²) in [5.41, 5.74) is 6.12. The van der Waals surface area contributed by atoms with Crippen LogP contribution < -0.4 is 5.46 Å². The van der Waals surface area contributed by atoms with Crippen LogP contribution in [0.15, 0.2) is 66.7 Å². The molecule has 0 atom stereocenters. The van der Waals surface area contributed by atoms with Gasteiger partial charge in [-0.05, 0) is 73.3 Å². The van der Waals surface area contributed by atoms with Crippen LogP contribution in [0.5, 0.6) is 0 Å². The van der Waals surface area contributed by atoms with E-state index in [0.717, 1.165) is 55.2 Å². The summed E-state index contributed by atoms with van der Waals surface area (Å²) >= 11 is 0. The molecule has 0 amide bonds. The summed E-state index contributed by atoms with van der Waals surface area (Å²) in [6.45, 7) is 21.7. The molecule has 1 saturated heterocycles. The van der Waals surface area contributed by atoms with E-state index in [4.69, 9.17) is 19.3 Å². The predicted molar refractivity (Wildman–Crippen MR) is 173 cm³/mol. The molecule has 5 heteroatoms. The average molecular weight is 545 g/mol. The van der Waals surface area contributed by atoms with Crippen LogP contribution in [0.1, 0.15) is 80.6 Å². The number of aromatic nitrogens is 2. The summed E-state index contributed by atoms with van der Waals surface area (Å²) in [5, 5.41) is 4.52. The van der Waals surface area contributed by atoms with Gasteiger partial charge in [0.1, 0.15) is 0 Å². The third kappa shape index (κ3) is 4.73. The fourth-order valence-corrected chi connectivity index (χ4v) is 5.55. The van der Waals surface area contributed by atoms with Crippen molar-refractivity contribution < 1.29 is 9.31 Å².